The molecule has 8 nitrogen and oxygen atoms in total. The highest BCUT2D eigenvalue weighted by atomic mass is 32.2. The van der Waals surface area contributed by atoms with Crippen molar-refractivity contribution in [1.82, 2.24) is 9.03 Å². The van der Waals surface area contributed by atoms with Gasteiger partial charge in [0.2, 0.25) is 10.0 Å². The molecule has 10 heteroatoms. The Morgan fingerprint density at radius 3 is 2.18 bits per heavy atom. The Hall–Kier alpha value is -2.43. The molecule has 0 unspecified atom stereocenters. The molecular formula is C18H20N2O6S2. The van der Waals surface area contributed by atoms with E-state index in [9.17, 15) is 21.6 Å². The first-order chi connectivity index (χ1) is 13.2. The van der Waals surface area contributed by atoms with Gasteiger partial charge in [0, 0.05) is 18.7 Å². The van der Waals surface area contributed by atoms with Gasteiger partial charge in [0.1, 0.15) is 5.75 Å². The number of sulfonamides is 2. The zero-order valence-corrected chi connectivity index (χ0v) is 16.8. The molecule has 1 fully saturated rings. The summed E-state index contributed by atoms with van der Waals surface area (Å²) < 4.78 is 58.7. The van der Waals surface area contributed by atoms with E-state index in [1.807, 2.05) is 4.72 Å². The van der Waals surface area contributed by atoms with Gasteiger partial charge < -0.3 is 4.74 Å². The van der Waals surface area contributed by atoms with Crippen LogP contribution in [-0.2, 0) is 20.0 Å². The van der Waals surface area contributed by atoms with Gasteiger partial charge in [-0.2, -0.15) is 4.31 Å². The molecule has 0 saturated carbocycles. The molecule has 2 aromatic carbocycles. The first-order valence-electron chi connectivity index (χ1n) is 8.55. The largest absolute Gasteiger partial charge is 0.497 e. The average Bonchev–Trinajstić information content (AvgIpc) is 3.23. The van der Waals surface area contributed by atoms with Crippen LogP contribution in [0.25, 0.3) is 0 Å². The maximum absolute atomic E-state index is 12.6. The lowest BCUT2D eigenvalue weighted by molar-refractivity contribution is 0.0981. The van der Waals surface area contributed by atoms with Crippen LogP contribution < -0.4 is 9.46 Å². The number of nitrogens with one attached hydrogen (secondary N) is 1. The first-order valence-corrected chi connectivity index (χ1v) is 11.5. The Bertz CT molecular complexity index is 1070. The minimum absolute atomic E-state index is 0.117. The standard InChI is InChI=1S/C18H20N2O6S2/c1-26-15-9-7-14(8-10-15)18(21)19-27(22,23)16-5-4-6-17(13-16)28(24,25)20-11-2-3-12-20/h4-10,13H,2-3,11-12H2,1H3,(H,19,21). The van der Waals surface area contributed by atoms with Crippen LogP contribution in [0.3, 0.4) is 0 Å². The Morgan fingerprint density at radius 2 is 1.57 bits per heavy atom. The molecule has 1 saturated heterocycles. The summed E-state index contributed by atoms with van der Waals surface area (Å²) in [5.74, 6) is -0.297. The van der Waals surface area contributed by atoms with Gasteiger partial charge in [-0.1, -0.05) is 6.07 Å². The predicted molar refractivity (Wildman–Crippen MR) is 102 cm³/mol. The van der Waals surface area contributed by atoms with Crippen LogP contribution in [0, 0.1) is 0 Å². The van der Waals surface area contributed by atoms with Gasteiger partial charge in [-0.05, 0) is 55.3 Å². The minimum atomic E-state index is -4.24. The van der Waals surface area contributed by atoms with Crippen molar-refractivity contribution in [3.63, 3.8) is 0 Å². The molecule has 0 spiro atoms. The van der Waals surface area contributed by atoms with Crippen LogP contribution in [0.1, 0.15) is 23.2 Å². The summed E-state index contributed by atoms with van der Waals surface area (Å²) in [4.78, 5) is 11.9. The first kappa shape index (κ1) is 20.3. The van der Waals surface area contributed by atoms with Gasteiger partial charge >= 0.3 is 0 Å². The van der Waals surface area contributed by atoms with E-state index in [-0.39, 0.29) is 15.4 Å². The van der Waals surface area contributed by atoms with Gasteiger partial charge in [0.15, 0.2) is 0 Å². The van der Waals surface area contributed by atoms with E-state index < -0.39 is 26.0 Å². The van der Waals surface area contributed by atoms with Gasteiger partial charge in [-0.25, -0.2) is 21.6 Å². The topological polar surface area (TPSA) is 110 Å². The molecule has 1 heterocycles. The third-order valence-corrected chi connectivity index (χ3v) is 7.62. The van der Waals surface area contributed by atoms with Crippen molar-refractivity contribution in [3.05, 3.63) is 54.1 Å². The summed E-state index contributed by atoms with van der Waals surface area (Å²) in [6.07, 6.45) is 1.55. The number of methoxy groups -OCH3 is 1. The molecule has 0 aromatic heterocycles. The van der Waals surface area contributed by atoms with Crippen molar-refractivity contribution in [3.8, 4) is 5.75 Å². The zero-order chi connectivity index (χ0) is 20.4. The van der Waals surface area contributed by atoms with E-state index >= 15 is 0 Å². The van der Waals surface area contributed by atoms with Crippen LogP contribution in [-0.4, -0.2) is 47.2 Å². The van der Waals surface area contributed by atoms with Crippen molar-refractivity contribution >= 4 is 26.0 Å². The number of nitrogens with zero attached hydrogens (tertiary/aromatic N) is 1. The normalized spacial score (nSPS) is 15.3. The Kier molecular flexibility index (Phi) is 5.73. The smallest absolute Gasteiger partial charge is 0.265 e. The Balaban J connectivity index is 1.84. The number of carbonyl (C=O) groups excluding carboxylic acids is 1. The van der Waals surface area contributed by atoms with Gasteiger partial charge in [0.25, 0.3) is 15.9 Å². The van der Waals surface area contributed by atoms with Crippen molar-refractivity contribution in [2.24, 2.45) is 0 Å². The summed E-state index contributed by atoms with van der Waals surface area (Å²) in [6, 6.07) is 10.9. The number of amides is 1. The van der Waals surface area contributed by atoms with Crippen molar-refractivity contribution in [2.45, 2.75) is 22.6 Å². The number of benzene rings is 2. The summed E-state index contributed by atoms with van der Waals surface area (Å²) in [5, 5.41) is 0. The third kappa shape index (κ3) is 4.18. The van der Waals surface area contributed by atoms with E-state index in [1.165, 1.54) is 53.9 Å². The molecule has 0 aliphatic carbocycles. The van der Waals surface area contributed by atoms with Gasteiger partial charge in [0.05, 0.1) is 16.9 Å². The fourth-order valence-electron chi connectivity index (χ4n) is 2.86. The summed E-state index contributed by atoms with van der Waals surface area (Å²) in [7, 11) is -6.54. The molecule has 1 aliphatic heterocycles. The second-order valence-electron chi connectivity index (χ2n) is 6.25. The molecule has 28 heavy (non-hydrogen) atoms. The lowest BCUT2D eigenvalue weighted by atomic mass is 10.2. The van der Waals surface area contributed by atoms with E-state index in [4.69, 9.17) is 4.74 Å². The zero-order valence-electron chi connectivity index (χ0n) is 15.2. The lowest BCUT2D eigenvalue weighted by Crippen LogP contribution is -2.31. The molecule has 1 amide bonds. The maximum atomic E-state index is 12.6. The summed E-state index contributed by atoms with van der Waals surface area (Å²) in [6.45, 7) is 0.820. The van der Waals surface area contributed by atoms with Crippen molar-refractivity contribution in [1.29, 1.82) is 0 Å². The lowest BCUT2D eigenvalue weighted by Gasteiger charge is -2.16. The fourth-order valence-corrected chi connectivity index (χ4v) is 5.52. The van der Waals surface area contributed by atoms with Crippen LogP contribution in [0.2, 0.25) is 0 Å². The van der Waals surface area contributed by atoms with Crippen LogP contribution in [0.4, 0.5) is 0 Å². The highest BCUT2D eigenvalue weighted by Gasteiger charge is 2.28. The van der Waals surface area contributed by atoms with Crippen molar-refractivity contribution < 1.29 is 26.4 Å². The van der Waals surface area contributed by atoms with E-state index in [0.29, 0.717) is 18.8 Å². The monoisotopic (exact) mass is 424 g/mol. The fraction of sp³-hybridized carbons (Fsp3) is 0.278. The number of hydrogen-bond donors (Lipinski definition) is 1. The Labute approximate surface area is 164 Å². The van der Waals surface area contributed by atoms with E-state index in [1.54, 1.807) is 0 Å². The molecule has 150 valence electrons. The van der Waals surface area contributed by atoms with Gasteiger partial charge in [-0.3, -0.25) is 4.79 Å². The molecule has 0 radical (unpaired) electrons. The molecule has 0 bridgehead atoms. The average molecular weight is 425 g/mol. The molecule has 1 N–H and O–H groups in total. The summed E-state index contributed by atoms with van der Waals surface area (Å²) in [5.41, 5.74) is 0.130. The number of carbonyl (C=O) groups is 1. The van der Waals surface area contributed by atoms with Gasteiger partial charge in [-0.15, -0.1) is 0 Å². The molecule has 3 rings (SSSR count). The highest BCUT2D eigenvalue weighted by Crippen LogP contribution is 2.23. The van der Waals surface area contributed by atoms with E-state index in [0.717, 1.165) is 18.9 Å². The number of rotatable bonds is 6. The molecule has 0 atom stereocenters. The third-order valence-electron chi connectivity index (χ3n) is 4.40. The van der Waals surface area contributed by atoms with Crippen LogP contribution in [0.15, 0.2) is 58.3 Å². The minimum Gasteiger partial charge on any atom is -0.497 e. The Morgan fingerprint density at radius 1 is 0.964 bits per heavy atom. The van der Waals surface area contributed by atoms with Crippen LogP contribution in [0.5, 0.6) is 5.75 Å². The molecule has 1 aliphatic rings. The summed E-state index contributed by atoms with van der Waals surface area (Å²) >= 11 is 0. The predicted octanol–water partition coefficient (Wildman–Crippen LogP) is 1.60. The van der Waals surface area contributed by atoms with E-state index in [2.05, 4.69) is 0 Å². The molecular weight excluding hydrogens is 404 g/mol. The maximum Gasteiger partial charge on any atom is 0.265 e. The second-order valence-corrected chi connectivity index (χ2v) is 9.87. The van der Waals surface area contributed by atoms with Crippen molar-refractivity contribution in [2.75, 3.05) is 20.2 Å². The second kappa shape index (κ2) is 7.90. The number of hydrogen-bond acceptors (Lipinski definition) is 6. The number of ether oxygens (including phenoxy) is 1. The quantitative estimate of drug-likeness (QED) is 0.754. The SMILES string of the molecule is COc1ccc(C(=O)NS(=O)(=O)c2cccc(S(=O)(=O)N3CCCC3)c2)cc1. The highest BCUT2D eigenvalue weighted by molar-refractivity contribution is 7.90. The van der Waals surface area contributed by atoms with Crippen LogP contribution >= 0.6 is 0 Å². The molecule has 2 aromatic rings.